The SMILES string of the molecule is [CH2]Cc1cc(F)ccc1OCC[C@@H](C)N. The molecule has 0 heterocycles. The molecule has 3 heteroatoms. The Balaban J connectivity index is 2.60. The molecule has 2 N–H and O–H groups in total. The third kappa shape index (κ3) is 3.88. The summed E-state index contributed by atoms with van der Waals surface area (Å²) in [7, 11) is 0. The van der Waals surface area contributed by atoms with Gasteiger partial charge < -0.3 is 10.5 Å². The molecule has 0 saturated carbocycles. The van der Waals surface area contributed by atoms with Gasteiger partial charge in [0.05, 0.1) is 6.61 Å². The first-order chi connectivity index (χ1) is 7.13. The average molecular weight is 210 g/mol. The van der Waals surface area contributed by atoms with Crippen molar-refractivity contribution in [3.8, 4) is 5.75 Å². The van der Waals surface area contributed by atoms with Crippen molar-refractivity contribution >= 4 is 0 Å². The van der Waals surface area contributed by atoms with E-state index in [9.17, 15) is 4.39 Å². The third-order valence-electron chi connectivity index (χ3n) is 2.12. The first-order valence-electron chi connectivity index (χ1n) is 5.09. The Labute approximate surface area is 90.2 Å². The number of hydrogen-bond donors (Lipinski definition) is 1. The molecule has 83 valence electrons. The van der Waals surface area contributed by atoms with Crippen LogP contribution in [0, 0.1) is 12.7 Å². The summed E-state index contributed by atoms with van der Waals surface area (Å²) < 4.78 is 18.4. The molecule has 0 bridgehead atoms. The zero-order valence-corrected chi connectivity index (χ0v) is 9.00. The van der Waals surface area contributed by atoms with E-state index in [1.165, 1.54) is 12.1 Å². The van der Waals surface area contributed by atoms with Crippen molar-refractivity contribution in [2.45, 2.75) is 25.8 Å². The summed E-state index contributed by atoms with van der Waals surface area (Å²) in [4.78, 5) is 0. The molecule has 0 aliphatic heterocycles. The minimum Gasteiger partial charge on any atom is -0.493 e. The third-order valence-corrected chi connectivity index (χ3v) is 2.12. The molecule has 0 aliphatic rings. The fourth-order valence-electron chi connectivity index (χ4n) is 1.24. The summed E-state index contributed by atoms with van der Waals surface area (Å²) >= 11 is 0. The number of hydrogen-bond acceptors (Lipinski definition) is 2. The first kappa shape index (κ1) is 12.0. The molecular weight excluding hydrogens is 193 g/mol. The molecule has 1 aromatic carbocycles. The van der Waals surface area contributed by atoms with Crippen LogP contribution in [-0.4, -0.2) is 12.6 Å². The minimum absolute atomic E-state index is 0.119. The van der Waals surface area contributed by atoms with E-state index in [1.807, 2.05) is 6.92 Å². The van der Waals surface area contributed by atoms with Gasteiger partial charge in [-0.1, -0.05) is 0 Å². The van der Waals surface area contributed by atoms with Crippen molar-refractivity contribution < 1.29 is 9.13 Å². The Morgan fingerprint density at radius 3 is 2.87 bits per heavy atom. The highest BCUT2D eigenvalue weighted by Gasteiger charge is 2.04. The number of rotatable bonds is 5. The number of ether oxygens (including phenoxy) is 1. The van der Waals surface area contributed by atoms with Gasteiger partial charge in [0.15, 0.2) is 0 Å². The molecule has 0 spiro atoms. The van der Waals surface area contributed by atoms with Crippen LogP contribution in [0.2, 0.25) is 0 Å². The van der Waals surface area contributed by atoms with Gasteiger partial charge in [-0.05, 0) is 50.5 Å². The van der Waals surface area contributed by atoms with Crippen LogP contribution >= 0.6 is 0 Å². The summed E-state index contributed by atoms with van der Waals surface area (Å²) in [6.07, 6.45) is 1.30. The highest BCUT2D eigenvalue weighted by atomic mass is 19.1. The lowest BCUT2D eigenvalue weighted by Crippen LogP contribution is -2.18. The lowest BCUT2D eigenvalue weighted by molar-refractivity contribution is 0.298. The second-order valence-corrected chi connectivity index (χ2v) is 3.62. The highest BCUT2D eigenvalue weighted by molar-refractivity contribution is 5.34. The van der Waals surface area contributed by atoms with Gasteiger partial charge in [-0.3, -0.25) is 0 Å². The normalized spacial score (nSPS) is 12.5. The fourth-order valence-corrected chi connectivity index (χ4v) is 1.24. The van der Waals surface area contributed by atoms with Crippen molar-refractivity contribution in [1.29, 1.82) is 0 Å². The van der Waals surface area contributed by atoms with E-state index in [0.717, 1.165) is 12.0 Å². The largest absolute Gasteiger partial charge is 0.493 e. The molecule has 1 aromatic rings. The molecule has 0 amide bonds. The van der Waals surface area contributed by atoms with Crippen LogP contribution in [0.5, 0.6) is 5.75 Å². The molecular formula is C12H17FNO. The predicted octanol–water partition coefficient (Wildman–Crippen LogP) is 2.32. The Bertz CT molecular complexity index is 312. The Morgan fingerprint density at radius 2 is 2.27 bits per heavy atom. The maximum absolute atomic E-state index is 12.9. The summed E-state index contributed by atoms with van der Waals surface area (Å²) in [6, 6.07) is 4.60. The van der Waals surface area contributed by atoms with Crippen molar-refractivity contribution in [2.24, 2.45) is 5.73 Å². The van der Waals surface area contributed by atoms with Crippen LogP contribution in [0.3, 0.4) is 0 Å². The molecule has 0 fully saturated rings. The average Bonchev–Trinajstić information content (AvgIpc) is 2.19. The van der Waals surface area contributed by atoms with Crippen LogP contribution in [-0.2, 0) is 6.42 Å². The molecule has 1 atom stereocenters. The topological polar surface area (TPSA) is 35.2 Å². The molecule has 1 radical (unpaired) electrons. The zero-order valence-electron chi connectivity index (χ0n) is 9.00. The monoisotopic (exact) mass is 210 g/mol. The fraction of sp³-hybridized carbons (Fsp3) is 0.417. The lowest BCUT2D eigenvalue weighted by Gasteiger charge is -2.11. The summed E-state index contributed by atoms with van der Waals surface area (Å²) in [5, 5.41) is 0. The van der Waals surface area contributed by atoms with Crippen LogP contribution in [0.25, 0.3) is 0 Å². The van der Waals surface area contributed by atoms with Gasteiger partial charge in [0.25, 0.3) is 0 Å². The van der Waals surface area contributed by atoms with E-state index >= 15 is 0 Å². The summed E-state index contributed by atoms with van der Waals surface area (Å²) in [5.41, 5.74) is 6.39. The zero-order chi connectivity index (χ0) is 11.3. The molecule has 2 nitrogen and oxygen atoms in total. The van der Waals surface area contributed by atoms with Gasteiger partial charge in [-0.25, -0.2) is 4.39 Å². The van der Waals surface area contributed by atoms with Crippen LogP contribution in [0.1, 0.15) is 18.9 Å². The van der Waals surface area contributed by atoms with Crippen molar-refractivity contribution in [2.75, 3.05) is 6.61 Å². The number of halogens is 1. The Kier molecular flexibility index (Phi) is 4.56. The minimum atomic E-state index is -0.256. The quantitative estimate of drug-likeness (QED) is 0.809. The van der Waals surface area contributed by atoms with E-state index in [2.05, 4.69) is 6.92 Å². The van der Waals surface area contributed by atoms with Crippen LogP contribution in [0.4, 0.5) is 4.39 Å². The van der Waals surface area contributed by atoms with Gasteiger partial charge in [-0.2, -0.15) is 0 Å². The van der Waals surface area contributed by atoms with Crippen LogP contribution < -0.4 is 10.5 Å². The number of benzene rings is 1. The van der Waals surface area contributed by atoms with Gasteiger partial charge >= 0.3 is 0 Å². The van der Waals surface area contributed by atoms with E-state index in [4.69, 9.17) is 10.5 Å². The Morgan fingerprint density at radius 1 is 1.53 bits per heavy atom. The molecule has 0 saturated heterocycles. The molecule has 0 unspecified atom stereocenters. The lowest BCUT2D eigenvalue weighted by atomic mass is 10.1. The van der Waals surface area contributed by atoms with E-state index < -0.39 is 0 Å². The predicted molar refractivity (Wildman–Crippen MR) is 59.2 cm³/mol. The smallest absolute Gasteiger partial charge is 0.123 e. The summed E-state index contributed by atoms with van der Waals surface area (Å²) in [5.74, 6) is 0.445. The van der Waals surface area contributed by atoms with E-state index in [-0.39, 0.29) is 11.9 Å². The van der Waals surface area contributed by atoms with Gasteiger partial charge in [0, 0.05) is 6.04 Å². The van der Waals surface area contributed by atoms with E-state index in [0.29, 0.717) is 18.8 Å². The number of nitrogens with two attached hydrogens (primary N) is 1. The van der Waals surface area contributed by atoms with E-state index in [1.54, 1.807) is 6.07 Å². The molecule has 0 aliphatic carbocycles. The standard InChI is InChI=1S/C12H17FNO/c1-3-10-8-11(13)4-5-12(10)15-7-6-9(2)14/h4-5,8-9H,1,3,6-7,14H2,2H3/t9-/m1/s1. The van der Waals surface area contributed by atoms with Crippen molar-refractivity contribution in [1.82, 2.24) is 0 Å². The molecule has 15 heavy (non-hydrogen) atoms. The summed E-state index contributed by atoms with van der Waals surface area (Å²) in [6.45, 7) is 6.21. The van der Waals surface area contributed by atoms with Crippen molar-refractivity contribution in [3.05, 3.63) is 36.5 Å². The Hall–Kier alpha value is -1.09. The van der Waals surface area contributed by atoms with Crippen molar-refractivity contribution in [3.63, 3.8) is 0 Å². The molecule has 1 rings (SSSR count). The second kappa shape index (κ2) is 5.71. The first-order valence-corrected chi connectivity index (χ1v) is 5.09. The van der Waals surface area contributed by atoms with Gasteiger partial charge in [0.2, 0.25) is 0 Å². The van der Waals surface area contributed by atoms with Gasteiger partial charge in [0.1, 0.15) is 11.6 Å². The maximum Gasteiger partial charge on any atom is 0.123 e. The van der Waals surface area contributed by atoms with Gasteiger partial charge in [-0.15, -0.1) is 0 Å². The molecule has 0 aromatic heterocycles. The highest BCUT2D eigenvalue weighted by Crippen LogP contribution is 2.20. The van der Waals surface area contributed by atoms with Crippen LogP contribution in [0.15, 0.2) is 18.2 Å². The second-order valence-electron chi connectivity index (χ2n) is 3.62. The maximum atomic E-state index is 12.9.